The Morgan fingerprint density at radius 3 is 1.60 bits per heavy atom. The molecule has 3 N–H and O–H groups in total. The fraction of sp³-hybridized carbons (Fsp3) is 0.970. The maximum atomic E-state index is 12.6. The van der Waals surface area contributed by atoms with Crippen molar-refractivity contribution in [3.05, 3.63) is 0 Å². The van der Waals surface area contributed by atoms with Crippen LogP contribution in [0.4, 0.5) is 0 Å². The SMILES string of the molecule is CCCCCCCCCCCCCCCCCCC(=O)NC(COP(=O)(O)OCC[N+](C)(C)C)C(O)CCCCCC. The molecule has 0 aromatic carbocycles. The van der Waals surface area contributed by atoms with Gasteiger partial charge in [-0.1, -0.05) is 136 Å². The Hall–Kier alpha value is -0.500. The van der Waals surface area contributed by atoms with Crippen LogP contribution in [-0.4, -0.2) is 73.4 Å². The molecule has 0 radical (unpaired) electrons. The van der Waals surface area contributed by atoms with Gasteiger partial charge in [-0.25, -0.2) is 4.57 Å². The molecule has 0 saturated heterocycles. The van der Waals surface area contributed by atoms with Crippen LogP contribution in [0.25, 0.3) is 0 Å². The van der Waals surface area contributed by atoms with Crippen molar-refractivity contribution in [1.29, 1.82) is 0 Å². The van der Waals surface area contributed by atoms with Crippen LogP contribution >= 0.6 is 7.82 Å². The zero-order valence-electron chi connectivity index (χ0n) is 28.3. The second kappa shape index (κ2) is 26.9. The number of phosphoric acid groups is 1. The lowest BCUT2D eigenvalue weighted by molar-refractivity contribution is -0.870. The summed E-state index contributed by atoms with van der Waals surface area (Å²) < 4.78 is 23.2. The average molecular weight is 622 g/mol. The number of likely N-dealkylation sites (N-methyl/N-ethyl adjacent to an activating group) is 1. The fourth-order valence-electron chi connectivity index (χ4n) is 4.98. The van der Waals surface area contributed by atoms with Crippen molar-refractivity contribution >= 4 is 13.7 Å². The smallest absolute Gasteiger partial charge is 0.391 e. The summed E-state index contributed by atoms with van der Waals surface area (Å²) in [7, 11) is 1.61. The zero-order valence-corrected chi connectivity index (χ0v) is 29.1. The van der Waals surface area contributed by atoms with Crippen molar-refractivity contribution in [3.8, 4) is 0 Å². The minimum Gasteiger partial charge on any atom is -0.391 e. The third-order valence-electron chi connectivity index (χ3n) is 7.86. The van der Waals surface area contributed by atoms with Crippen LogP contribution in [0.15, 0.2) is 0 Å². The normalized spacial score (nSPS) is 14.9. The fourth-order valence-corrected chi connectivity index (χ4v) is 5.72. The maximum Gasteiger partial charge on any atom is 0.472 e. The highest BCUT2D eigenvalue weighted by molar-refractivity contribution is 7.47. The van der Waals surface area contributed by atoms with Gasteiger partial charge in [0.2, 0.25) is 5.91 Å². The van der Waals surface area contributed by atoms with E-state index in [1.807, 2.05) is 21.1 Å². The molecule has 1 amide bonds. The van der Waals surface area contributed by atoms with E-state index in [2.05, 4.69) is 19.2 Å². The predicted molar refractivity (Wildman–Crippen MR) is 175 cm³/mol. The highest BCUT2D eigenvalue weighted by Gasteiger charge is 2.28. The number of aliphatic hydroxyl groups is 1. The lowest BCUT2D eigenvalue weighted by atomic mass is 10.0. The van der Waals surface area contributed by atoms with Gasteiger partial charge in [0.1, 0.15) is 13.2 Å². The Bertz CT molecular complexity index is 673. The number of nitrogens with one attached hydrogen (secondary N) is 1. The first kappa shape index (κ1) is 41.5. The summed E-state index contributed by atoms with van der Waals surface area (Å²) in [5, 5.41) is 13.6. The molecule has 9 heteroatoms. The molecule has 3 atom stereocenters. The van der Waals surface area contributed by atoms with Crippen molar-refractivity contribution in [3.63, 3.8) is 0 Å². The van der Waals surface area contributed by atoms with E-state index in [0.29, 0.717) is 23.9 Å². The lowest BCUT2D eigenvalue weighted by Gasteiger charge is -2.26. The van der Waals surface area contributed by atoms with Crippen LogP contribution in [0.5, 0.6) is 0 Å². The third-order valence-corrected chi connectivity index (χ3v) is 8.84. The van der Waals surface area contributed by atoms with E-state index in [4.69, 9.17) is 9.05 Å². The van der Waals surface area contributed by atoms with Crippen LogP contribution < -0.4 is 5.32 Å². The van der Waals surface area contributed by atoms with E-state index in [-0.39, 0.29) is 19.1 Å². The van der Waals surface area contributed by atoms with Gasteiger partial charge in [-0.2, -0.15) is 0 Å². The molecule has 0 aliphatic carbocycles. The predicted octanol–water partition coefficient (Wildman–Crippen LogP) is 8.29. The first-order chi connectivity index (χ1) is 20.0. The number of rotatable bonds is 31. The van der Waals surface area contributed by atoms with Crippen molar-refractivity contribution in [2.24, 2.45) is 0 Å². The molecular formula is C33H70N2O6P+. The number of unbranched alkanes of at least 4 members (excludes halogenated alkanes) is 18. The van der Waals surface area contributed by atoms with Gasteiger partial charge < -0.3 is 19.8 Å². The Morgan fingerprint density at radius 2 is 1.14 bits per heavy atom. The van der Waals surface area contributed by atoms with Crippen LogP contribution in [-0.2, 0) is 18.4 Å². The van der Waals surface area contributed by atoms with E-state index in [1.54, 1.807) is 0 Å². The number of hydrogen-bond donors (Lipinski definition) is 3. The molecule has 3 unspecified atom stereocenters. The Kier molecular flexibility index (Phi) is 26.5. The van der Waals surface area contributed by atoms with Gasteiger partial charge in [0.05, 0.1) is 39.9 Å². The molecule has 42 heavy (non-hydrogen) atoms. The van der Waals surface area contributed by atoms with Gasteiger partial charge >= 0.3 is 7.82 Å². The van der Waals surface area contributed by atoms with Crippen molar-refractivity contribution in [2.75, 3.05) is 40.9 Å². The van der Waals surface area contributed by atoms with Crippen LogP contribution in [0.2, 0.25) is 0 Å². The summed E-state index contributed by atoms with van der Waals surface area (Å²) in [6.07, 6.45) is 24.6. The van der Waals surface area contributed by atoms with Gasteiger partial charge in [-0.15, -0.1) is 0 Å². The van der Waals surface area contributed by atoms with E-state index in [9.17, 15) is 19.4 Å². The van der Waals surface area contributed by atoms with E-state index in [0.717, 1.165) is 44.9 Å². The zero-order chi connectivity index (χ0) is 31.5. The Morgan fingerprint density at radius 1 is 0.714 bits per heavy atom. The minimum absolute atomic E-state index is 0.0765. The van der Waals surface area contributed by atoms with Gasteiger partial charge in [0.25, 0.3) is 0 Å². The Labute approximate surface area is 259 Å². The third kappa shape index (κ3) is 28.3. The van der Waals surface area contributed by atoms with Crippen molar-refractivity contribution < 1.29 is 32.9 Å². The number of hydrogen-bond acceptors (Lipinski definition) is 5. The molecule has 0 aliphatic rings. The number of amides is 1. The van der Waals surface area contributed by atoms with Gasteiger partial charge in [-0.05, 0) is 12.8 Å². The first-order valence-electron chi connectivity index (χ1n) is 17.4. The number of nitrogens with zero attached hydrogens (tertiary/aromatic N) is 1. The van der Waals surface area contributed by atoms with E-state index in [1.165, 1.54) is 83.5 Å². The lowest BCUT2D eigenvalue weighted by Crippen LogP contribution is -2.46. The molecule has 252 valence electrons. The highest BCUT2D eigenvalue weighted by Crippen LogP contribution is 2.43. The standard InChI is InChI=1S/C33H69N2O6P/c1-6-8-10-12-13-14-15-16-17-18-19-20-21-22-23-25-27-33(37)34-31(32(36)26-24-11-9-7-2)30-41-42(38,39)40-29-28-35(3,4)5/h31-32,36H,6-30H2,1-5H3,(H-,34,37,38,39)/p+1. The molecule has 0 bridgehead atoms. The molecule has 0 heterocycles. The second-order valence-corrected chi connectivity index (χ2v) is 14.7. The number of aliphatic hydroxyl groups excluding tert-OH is 1. The maximum absolute atomic E-state index is 12.6. The number of carbonyl (C=O) groups excluding carboxylic acids is 1. The molecule has 8 nitrogen and oxygen atoms in total. The molecule has 0 saturated carbocycles. The summed E-state index contributed by atoms with van der Waals surface area (Å²) in [5.74, 6) is -0.153. The van der Waals surface area contributed by atoms with Gasteiger partial charge in [0.15, 0.2) is 0 Å². The van der Waals surface area contributed by atoms with E-state index >= 15 is 0 Å². The number of carbonyl (C=O) groups is 1. The summed E-state index contributed by atoms with van der Waals surface area (Å²) in [4.78, 5) is 22.7. The second-order valence-electron chi connectivity index (χ2n) is 13.3. The number of phosphoric ester groups is 1. The summed E-state index contributed by atoms with van der Waals surface area (Å²) in [5.41, 5.74) is 0. The summed E-state index contributed by atoms with van der Waals surface area (Å²) in [6.45, 7) is 4.76. The summed E-state index contributed by atoms with van der Waals surface area (Å²) in [6, 6.07) is -0.748. The Balaban J connectivity index is 4.19. The van der Waals surface area contributed by atoms with E-state index < -0.39 is 20.0 Å². The molecule has 0 aromatic rings. The quantitative estimate of drug-likeness (QED) is 0.0409. The van der Waals surface area contributed by atoms with Crippen molar-refractivity contribution in [2.45, 2.75) is 167 Å². The molecule has 0 aromatic heterocycles. The van der Waals surface area contributed by atoms with Crippen LogP contribution in [0, 0.1) is 0 Å². The van der Waals surface area contributed by atoms with Crippen LogP contribution in [0.3, 0.4) is 0 Å². The first-order valence-corrected chi connectivity index (χ1v) is 18.9. The topological polar surface area (TPSA) is 105 Å². The molecule has 0 fully saturated rings. The number of quaternary nitrogens is 1. The van der Waals surface area contributed by atoms with Gasteiger partial charge in [0, 0.05) is 6.42 Å². The minimum atomic E-state index is -4.28. The van der Waals surface area contributed by atoms with Gasteiger partial charge in [-0.3, -0.25) is 13.8 Å². The monoisotopic (exact) mass is 621 g/mol. The average Bonchev–Trinajstić information content (AvgIpc) is 2.92. The largest absolute Gasteiger partial charge is 0.472 e. The molecule has 0 aliphatic heterocycles. The molecule has 0 rings (SSSR count). The highest BCUT2D eigenvalue weighted by atomic mass is 31.2. The van der Waals surface area contributed by atoms with Crippen molar-refractivity contribution in [1.82, 2.24) is 5.32 Å². The summed E-state index contributed by atoms with van der Waals surface area (Å²) >= 11 is 0. The molecule has 0 spiro atoms. The van der Waals surface area contributed by atoms with Crippen LogP contribution in [0.1, 0.15) is 155 Å². The molecular weight excluding hydrogens is 551 g/mol.